The van der Waals surface area contributed by atoms with Crippen molar-refractivity contribution in [1.82, 2.24) is 9.88 Å². The van der Waals surface area contributed by atoms with Crippen LogP contribution in [-0.4, -0.2) is 62.4 Å². The number of anilines is 1. The standard InChI is InChI=1S/C19H22N4O3S/c1-13-10-22(11-15-8-16(12-23(13)15)26-27(2,24)25)18-6-5-14(9-20)19-17(18)4-3-7-21-19/h3-7,13,15-16H,8,10-12H2,1-2H3/t13-,15+,16?/m1/s1. The molecule has 2 fully saturated rings. The second-order valence-electron chi connectivity index (χ2n) is 7.41. The first-order chi connectivity index (χ1) is 12.9. The van der Waals surface area contributed by atoms with Gasteiger partial charge in [0.2, 0.25) is 0 Å². The van der Waals surface area contributed by atoms with Gasteiger partial charge in [-0.2, -0.15) is 13.7 Å². The van der Waals surface area contributed by atoms with Gasteiger partial charge in [-0.3, -0.25) is 14.1 Å². The van der Waals surface area contributed by atoms with E-state index in [2.05, 4.69) is 27.8 Å². The van der Waals surface area contributed by atoms with Gasteiger partial charge in [0.15, 0.2) is 0 Å². The Bertz CT molecular complexity index is 1020. The third-order valence-electron chi connectivity index (χ3n) is 5.42. The van der Waals surface area contributed by atoms with Gasteiger partial charge in [-0.25, -0.2) is 0 Å². The van der Waals surface area contributed by atoms with Crippen LogP contribution in [0.15, 0.2) is 30.5 Å². The van der Waals surface area contributed by atoms with E-state index in [1.165, 1.54) is 0 Å². The van der Waals surface area contributed by atoms with Gasteiger partial charge in [0.05, 0.1) is 23.4 Å². The minimum atomic E-state index is -3.45. The summed E-state index contributed by atoms with van der Waals surface area (Å²) in [5, 5.41) is 10.3. The van der Waals surface area contributed by atoms with Crippen molar-refractivity contribution in [3.05, 3.63) is 36.0 Å². The normalized spacial score (nSPS) is 26.1. The van der Waals surface area contributed by atoms with Gasteiger partial charge in [-0.05, 0) is 37.6 Å². The van der Waals surface area contributed by atoms with Crippen LogP contribution >= 0.6 is 0 Å². The smallest absolute Gasteiger partial charge is 0.264 e. The van der Waals surface area contributed by atoms with E-state index in [-0.39, 0.29) is 18.2 Å². The molecule has 0 N–H and O–H groups in total. The van der Waals surface area contributed by atoms with E-state index in [9.17, 15) is 13.7 Å². The molecule has 7 nitrogen and oxygen atoms in total. The van der Waals surface area contributed by atoms with Gasteiger partial charge in [-0.15, -0.1) is 0 Å². The summed E-state index contributed by atoms with van der Waals surface area (Å²) in [4.78, 5) is 9.06. The predicted octanol–water partition coefficient (Wildman–Crippen LogP) is 1.73. The molecule has 2 aliphatic rings. The van der Waals surface area contributed by atoms with Gasteiger partial charge >= 0.3 is 0 Å². The van der Waals surface area contributed by atoms with E-state index in [1.807, 2.05) is 24.3 Å². The van der Waals surface area contributed by atoms with Crippen LogP contribution in [0.25, 0.3) is 10.9 Å². The lowest BCUT2D eigenvalue weighted by molar-refractivity contribution is 0.152. The van der Waals surface area contributed by atoms with E-state index in [0.29, 0.717) is 18.5 Å². The number of nitrogens with zero attached hydrogens (tertiary/aromatic N) is 4. The maximum atomic E-state index is 11.5. The first-order valence-corrected chi connectivity index (χ1v) is 10.8. The number of aromatic nitrogens is 1. The van der Waals surface area contributed by atoms with E-state index in [1.54, 1.807) is 6.20 Å². The monoisotopic (exact) mass is 386 g/mol. The molecule has 2 saturated heterocycles. The van der Waals surface area contributed by atoms with Crippen molar-refractivity contribution in [1.29, 1.82) is 5.26 Å². The zero-order valence-corrected chi connectivity index (χ0v) is 16.2. The van der Waals surface area contributed by atoms with Crippen LogP contribution in [0.5, 0.6) is 0 Å². The highest BCUT2D eigenvalue weighted by Crippen LogP contribution is 2.34. The second kappa shape index (κ2) is 6.75. The molecule has 1 aromatic carbocycles. The molecule has 4 rings (SSSR count). The van der Waals surface area contributed by atoms with Crippen LogP contribution < -0.4 is 4.90 Å². The molecule has 0 saturated carbocycles. The molecule has 1 aromatic heterocycles. The lowest BCUT2D eigenvalue weighted by Crippen LogP contribution is -2.55. The zero-order valence-electron chi connectivity index (χ0n) is 15.4. The van der Waals surface area contributed by atoms with Crippen molar-refractivity contribution in [3.63, 3.8) is 0 Å². The highest BCUT2D eigenvalue weighted by molar-refractivity contribution is 7.86. The molecule has 1 unspecified atom stereocenters. The summed E-state index contributed by atoms with van der Waals surface area (Å²) >= 11 is 0. The highest BCUT2D eigenvalue weighted by Gasteiger charge is 2.41. The maximum Gasteiger partial charge on any atom is 0.264 e. The molecule has 8 heteroatoms. The molecule has 2 aromatic rings. The van der Waals surface area contributed by atoms with Crippen LogP contribution in [-0.2, 0) is 14.3 Å². The first-order valence-electron chi connectivity index (χ1n) is 9.02. The number of piperazine rings is 1. The second-order valence-corrected chi connectivity index (χ2v) is 9.01. The molecule has 3 heterocycles. The highest BCUT2D eigenvalue weighted by atomic mass is 32.2. The fourth-order valence-corrected chi connectivity index (χ4v) is 5.04. The minimum absolute atomic E-state index is 0.239. The molecule has 3 atom stereocenters. The average Bonchev–Trinajstić information content (AvgIpc) is 3.01. The lowest BCUT2D eigenvalue weighted by atomic mass is 10.0. The molecule has 0 spiro atoms. The Morgan fingerprint density at radius 3 is 2.81 bits per heavy atom. The SMILES string of the molecule is C[C@@H]1CN(c2ccc(C#N)c3ncccc23)C[C@@H]2CC(OS(C)(=O)=O)CN21. The molecule has 0 aliphatic carbocycles. The number of hydrogen-bond acceptors (Lipinski definition) is 7. The lowest BCUT2D eigenvalue weighted by Gasteiger charge is -2.43. The number of pyridine rings is 1. The van der Waals surface area contributed by atoms with Crippen molar-refractivity contribution in [2.45, 2.75) is 31.5 Å². The summed E-state index contributed by atoms with van der Waals surface area (Å²) in [5.74, 6) is 0. The molecule has 0 bridgehead atoms. The van der Waals surface area contributed by atoms with Gasteiger partial charge < -0.3 is 4.90 Å². The van der Waals surface area contributed by atoms with Crippen LogP contribution in [0.4, 0.5) is 5.69 Å². The Balaban J connectivity index is 1.63. The number of benzene rings is 1. The van der Waals surface area contributed by atoms with E-state index in [4.69, 9.17) is 4.18 Å². The average molecular weight is 386 g/mol. The Kier molecular flexibility index (Phi) is 4.54. The Morgan fingerprint density at radius 1 is 1.26 bits per heavy atom. The first kappa shape index (κ1) is 18.2. The molecule has 142 valence electrons. The van der Waals surface area contributed by atoms with Crippen molar-refractivity contribution in [2.24, 2.45) is 0 Å². The van der Waals surface area contributed by atoms with E-state index >= 15 is 0 Å². The summed E-state index contributed by atoms with van der Waals surface area (Å²) in [6.07, 6.45) is 3.22. The third kappa shape index (κ3) is 3.50. The third-order valence-corrected chi connectivity index (χ3v) is 6.04. The number of hydrogen-bond donors (Lipinski definition) is 0. The summed E-state index contributed by atoms with van der Waals surface area (Å²) in [6.45, 7) is 4.43. The largest absolute Gasteiger partial charge is 0.368 e. The van der Waals surface area contributed by atoms with Crippen molar-refractivity contribution >= 4 is 26.7 Å². The van der Waals surface area contributed by atoms with Gasteiger partial charge in [-0.1, -0.05) is 0 Å². The van der Waals surface area contributed by atoms with Crippen molar-refractivity contribution < 1.29 is 12.6 Å². The predicted molar refractivity (Wildman–Crippen MR) is 103 cm³/mol. The topological polar surface area (TPSA) is 86.5 Å². The molecular weight excluding hydrogens is 364 g/mol. The zero-order chi connectivity index (χ0) is 19.2. The fourth-order valence-electron chi connectivity index (χ4n) is 4.41. The minimum Gasteiger partial charge on any atom is -0.368 e. The maximum absolute atomic E-state index is 11.5. The van der Waals surface area contributed by atoms with Gasteiger partial charge in [0, 0.05) is 49.0 Å². The van der Waals surface area contributed by atoms with Crippen molar-refractivity contribution in [2.75, 3.05) is 30.8 Å². The molecule has 27 heavy (non-hydrogen) atoms. The van der Waals surface area contributed by atoms with Crippen LogP contribution in [0.1, 0.15) is 18.9 Å². The molecular formula is C19H22N4O3S. The van der Waals surface area contributed by atoms with Crippen molar-refractivity contribution in [3.8, 4) is 6.07 Å². The summed E-state index contributed by atoms with van der Waals surface area (Å²) in [7, 11) is -3.45. The summed E-state index contributed by atoms with van der Waals surface area (Å²) < 4.78 is 28.2. The Hall–Kier alpha value is -2.21. The summed E-state index contributed by atoms with van der Waals surface area (Å²) in [5.41, 5.74) is 2.36. The molecule has 0 amide bonds. The quantitative estimate of drug-likeness (QED) is 0.743. The van der Waals surface area contributed by atoms with Gasteiger partial charge in [0.25, 0.3) is 10.1 Å². The number of rotatable bonds is 3. The number of nitriles is 1. The fraction of sp³-hybridized carbons (Fsp3) is 0.474. The summed E-state index contributed by atoms with van der Waals surface area (Å²) in [6, 6.07) is 10.4. The molecule has 0 radical (unpaired) electrons. The number of fused-ring (bicyclic) bond motifs is 2. The van der Waals surface area contributed by atoms with Crippen LogP contribution in [0, 0.1) is 11.3 Å². The van der Waals surface area contributed by atoms with E-state index in [0.717, 1.165) is 35.9 Å². The Morgan fingerprint density at radius 2 is 2.07 bits per heavy atom. The Labute approximate surface area is 159 Å². The van der Waals surface area contributed by atoms with Crippen LogP contribution in [0.2, 0.25) is 0 Å². The van der Waals surface area contributed by atoms with Crippen LogP contribution in [0.3, 0.4) is 0 Å². The van der Waals surface area contributed by atoms with E-state index < -0.39 is 10.1 Å². The molecule has 2 aliphatic heterocycles. The van der Waals surface area contributed by atoms with Gasteiger partial charge in [0.1, 0.15) is 6.07 Å².